The molecule has 23 heteroatoms. The Morgan fingerprint density at radius 3 is 1.95 bits per heavy atom. The summed E-state index contributed by atoms with van der Waals surface area (Å²) in [5, 5.41) is 81.0. The minimum Gasteiger partial charge on any atom is -0.871 e. The molecule has 6 aromatic rings. The van der Waals surface area contributed by atoms with Gasteiger partial charge in [-0.2, -0.15) is 10.2 Å². The average Bonchev–Trinajstić information content (AvgIpc) is 3.14. The molecule has 297 valence electrons. The summed E-state index contributed by atoms with van der Waals surface area (Å²) in [6, 6.07) is 21.8. The summed E-state index contributed by atoms with van der Waals surface area (Å²) in [4.78, 5) is 14.6. The maximum absolute atomic E-state index is 12.4. The van der Waals surface area contributed by atoms with Gasteiger partial charge in [-0.1, -0.05) is 60.0 Å². The van der Waals surface area contributed by atoms with Gasteiger partial charge < -0.3 is 40.1 Å². The molecule has 0 saturated heterocycles. The van der Waals surface area contributed by atoms with Crippen LogP contribution >= 0.6 is 0 Å². The van der Waals surface area contributed by atoms with Gasteiger partial charge in [0, 0.05) is 32.6 Å². The first-order valence-corrected chi connectivity index (χ1v) is 18.9. The van der Waals surface area contributed by atoms with E-state index in [9.17, 15) is 47.5 Å². The summed E-state index contributed by atoms with van der Waals surface area (Å²) < 4.78 is 57.3. The van der Waals surface area contributed by atoms with E-state index in [1.54, 1.807) is 36.4 Å². The van der Waals surface area contributed by atoms with Crippen molar-refractivity contribution in [3.8, 4) is 23.0 Å². The third-order valence-electron chi connectivity index (χ3n) is 7.68. The van der Waals surface area contributed by atoms with Gasteiger partial charge in [0.25, 0.3) is 0 Å². The summed E-state index contributed by atoms with van der Waals surface area (Å²) in [6.07, 6.45) is -0.883. The molecule has 0 aliphatic carbocycles. The van der Waals surface area contributed by atoms with E-state index in [0.717, 1.165) is 43.5 Å². The van der Waals surface area contributed by atoms with Gasteiger partial charge in [0.1, 0.15) is 22.9 Å². The zero-order valence-corrected chi connectivity index (χ0v) is 35.8. The van der Waals surface area contributed by atoms with Crippen molar-refractivity contribution < 1.29 is 99.2 Å². The fraction of sp³-hybridized carbons (Fsp3) is 0.0556. The Labute approximate surface area is 368 Å². The van der Waals surface area contributed by atoms with Gasteiger partial charge in [-0.05, 0) is 66.4 Å². The number of primary sulfonamides is 1. The Balaban J connectivity index is 0.000000305. The zero-order valence-electron chi connectivity index (χ0n) is 30.8. The van der Waals surface area contributed by atoms with E-state index in [1.165, 1.54) is 31.2 Å². The molecule has 1 radical (unpaired) electrons. The molecule has 1 unspecified atom stereocenters. The SMILES string of the molecule is CC(=O)Nc1cccc2ccc(O)c(N=Nc3cc(S(N)(=O)=O)ccc3O)c12.COC([O-])=Nc1cccc2ccc([O-])c(N=Nc3cc(S(=N)(=O)[O-])ccc3[O-])c12.[Cr+3].[Na+]. The van der Waals surface area contributed by atoms with Crippen LogP contribution in [0, 0.1) is 4.78 Å². The molecule has 1 amide bonds. The number of benzene rings is 6. The molecule has 59 heavy (non-hydrogen) atoms. The molecule has 6 rings (SSSR count). The van der Waals surface area contributed by atoms with Gasteiger partial charge >= 0.3 is 46.9 Å². The number of anilines is 1. The number of nitrogens with two attached hydrogens (primary N) is 1. The summed E-state index contributed by atoms with van der Waals surface area (Å²) in [6.45, 7) is 1.35. The number of azo groups is 2. The molecule has 0 fully saturated rings. The maximum atomic E-state index is 12.4. The second-order valence-corrected chi connectivity index (χ2v) is 14.7. The first-order valence-electron chi connectivity index (χ1n) is 15.9. The van der Waals surface area contributed by atoms with Crippen molar-refractivity contribution >= 4 is 87.7 Å². The molecular formula is C36H28CrN8NaO11S2. The van der Waals surface area contributed by atoms with Crippen molar-refractivity contribution in [3.63, 3.8) is 0 Å². The van der Waals surface area contributed by atoms with Crippen molar-refractivity contribution in [1.29, 1.82) is 4.78 Å². The predicted octanol–water partition coefficient (Wildman–Crippen LogP) is 2.21. The molecular weight excluding hydrogens is 860 g/mol. The quantitative estimate of drug-likeness (QED) is 0.0638. The van der Waals surface area contributed by atoms with E-state index in [-0.39, 0.29) is 103 Å². The maximum Gasteiger partial charge on any atom is 3.00 e. The molecule has 0 aliphatic rings. The van der Waals surface area contributed by atoms with Gasteiger partial charge in [0.05, 0.1) is 27.6 Å². The van der Waals surface area contributed by atoms with Crippen LogP contribution in [0.15, 0.2) is 132 Å². The molecule has 1 atom stereocenters. The van der Waals surface area contributed by atoms with Crippen molar-refractivity contribution in [1.82, 2.24) is 0 Å². The molecule has 0 heterocycles. The number of sulfonamides is 1. The van der Waals surface area contributed by atoms with Gasteiger partial charge in [0.2, 0.25) is 15.9 Å². The number of phenolic OH excluding ortho intramolecular Hbond substituents is 2. The number of hydrogen-bond donors (Lipinski definition) is 5. The van der Waals surface area contributed by atoms with Crippen LogP contribution < -0.4 is 55.3 Å². The van der Waals surface area contributed by atoms with Crippen LogP contribution in [0.25, 0.3) is 21.5 Å². The number of amides is 1. The number of methoxy groups -OCH3 is 1. The minimum atomic E-state index is -4.31. The van der Waals surface area contributed by atoms with Crippen molar-refractivity contribution in [2.24, 2.45) is 30.6 Å². The number of aliphatic imine (C=N–C) groups is 1. The number of phenols is 2. The summed E-state index contributed by atoms with van der Waals surface area (Å²) in [7, 11) is -7.15. The van der Waals surface area contributed by atoms with Gasteiger partial charge in [0.15, 0.2) is 6.08 Å². The molecule has 0 saturated carbocycles. The molecule has 0 aliphatic heterocycles. The first kappa shape index (κ1) is 47.7. The molecule has 6 aromatic carbocycles. The Morgan fingerprint density at radius 2 is 1.31 bits per heavy atom. The number of ether oxygens (including phenoxy) is 1. The Morgan fingerprint density at radius 1 is 0.746 bits per heavy atom. The van der Waals surface area contributed by atoms with Crippen LogP contribution in [0.4, 0.5) is 34.1 Å². The summed E-state index contributed by atoms with van der Waals surface area (Å²) in [5.74, 6) is -2.04. The minimum absolute atomic E-state index is 0. The van der Waals surface area contributed by atoms with E-state index in [4.69, 9.17) is 9.92 Å². The second kappa shape index (κ2) is 19.9. The Hall–Kier alpha value is -5.67. The van der Waals surface area contributed by atoms with Crippen LogP contribution in [-0.4, -0.2) is 46.5 Å². The number of fused-ring (bicyclic) bond motifs is 2. The van der Waals surface area contributed by atoms with Crippen LogP contribution in [0.1, 0.15) is 6.92 Å². The second-order valence-electron chi connectivity index (χ2n) is 11.6. The van der Waals surface area contributed by atoms with Crippen molar-refractivity contribution in [3.05, 3.63) is 97.1 Å². The third-order valence-corrected chi connectivity index (χ3v) is 9.47. The number of nitrogens with one attached hydrogen (secondary N) is 2. The Bertz CT molecular complexity index is 2880. The number of carbonyl (C=O) groups excluding carboxylic acids is 1. The smallest absolute Gasteiger partial charge is 0.871 e. The molecule has 0 spiro atoms. The van der Waals surface area contributed by atoms with Gasteiger partial charge in [-0.3, -0.25) is 13.8 Å². The molecule has 6 N–H and O–H groups in total. The normalized spacial score (nSPS) is 12.6. The largest absolute Gasteiger partial charge is 3.00 e. The topological polar surface area (TPSA) is 334 Å². The third kappa shape index (κ3) is 11.7. The molecule has 0 aromatic heterocycles. The number of carbonyl (C=O) groups is 1. The summed E-state index contributed by atoms with van der Waals surface area (Å²) >= 11 is 0. The van der Waals surface area contributed by atoms with Crippen LogP contribution in [0.3, 0.4) is 0 Å². The van der Waals surface area contributed by atoms with E-state index in [0.29, 0.717) is 21.8 Å². The number of hydrogen-bond acceptors (Lipinski definition) is 17. The van der Waals surface area contributed by atoms with E-state index >= 15 is 0 Å². The van der Waals surface area contributed by atoms with E-state index in [1.807, 2.05) is 0 Å². The fourth-order valence-electron chi connectivity index (χ4n) is 5.11. The van der Waals surface area contributed by atoms with Crippen LogP contribution in [0.2, 0.25) is 0 Å². The average molecular weight is 888 g/mol. The number of rotatable bonds is 8. The van der Waals surface area contributed by atoms with Crippen LogP contribution in [-0.2, 0) is 46.9 Å². The molecule has 19 nitrogen and oxygen atoms in total. The van der Waals surface area contributed by atoms with Crippen molar-refractivity contribution in [2.75, 3.05) is 12.4 Å². The van der Waals surface area contributed by atoms with Crippen LogP contribution in [0.5, 0.6) is 23.0 Å². The van der Waals surface area contributed by atoms with Gasteiger partial charge in [-0.25, -0.2) is 18.5 Å². The number of aromatic hydroxyl groups is 2. The predicted molar refractivity (Wildman–Crippen MR) is 201 cm³/mol. The summed E-state index contributed by atoms with van der Waals surface area (Å²) in [5.41, 5.74) is -0.133. The monoisotopic (exact) mass is 887 g/mol. The first-order chi connectivity index (χ1) is 26.9. The van der Waals surface area contributed by atoms with Crippen molar-refractivity contribution in [2.45, 2.75) is 16.7 Å². The van der Waals surface area contributed by atoms with Gasteiger partial charge in [-0.15, -0.1) is 10.2 Å². The zero-order chi connectivity index (χ0) is 41.7. The van der Waals surface area contributed by atoms with E-state index in [2.05, 4.69) is 35.5 Å². The molecule has 0 bridgehead atoms. The Kier molecular flexibility index (Phi) is 16.1. The van der Waals surface area contributed by atoms with E-state index < -0.39 is 42.5 Å². The standard InChI is InChI=1S/C18H16N4O6S.C18H16N4O5S.Cr.Na/c1-28-18(25)20-12-4-2-3-10-5-7-15(24)17(16(10)12)22-21-13-9-11(29(19,26)27)6-8-14(13)23;1-10(23)20-13-4-2-3-11-5-7-16(25)18(17(11)13)22-21-14-9-12(28(19,26)27)6-8-15(14)24;;/h2-9,23-24H,1H3,(H,20,25)(H2,19,26,27);2-9,24-25H,1H3,(H,20,23)(H2,19,26,27);;/q;;+3;+1/p-4. The number of nitrogens with zero attached hydrogens (tertiary/aromatic N) is 5. The fourth-order valence-corrected chi connectivity index (χ4v) is 6.16.